The maximum atomic E-state index is 11.1. The third kappa shape index (κ3) is 2.03. The van der Waals surface area contributed by atoms with Gasteiger partial charge >= 0.3 is 0 Å². The molecule has 2 rings (SSSR count). The number of rotatable bonds is 2. The zero-order chi connectivity index (χ0) is 11.8. The number of nitrogens with one attached hydrogen (secondary N) is 1. The van der Waals surface area contributed by atoms with Gasteiger partial charge in [0, 0.05) is 5.56 Å². The molecule has 1 aromatic carbocycles. The topological polar surface area (TPSA) is 115 Å². The van der Waals surface area contributed by atoms with Gasteiger partial charge in [0.1, 0.15) is 0 Å². The van der Waals surface area contributed by atoms with Gasteiger partial charge in [0.05, 0.1) is 9.92 Å². The van der Waals surface area contributed by atoms with Gasteiger partial charge in [0.25, 0.3) is 0 Å². The van der Waals surface area contributed by atoms with Crippen molar-refractivity contribution >= 4 is 21.6 Å². The molecule has 16 heavy (non-hydrogen) atoms. The van der Waals surface area contributed by atoms with Gasteiger partial charge < -0.3 is 0 Å². The number of halogens is 1. The van der Waals surface area contributed by atoms with Crippen molar-refractivity contribution in [3.63, 3.8) is 0 Å². The van der Waals surface area contributed by atoms with Crippen LogP contribution in [0.25, 0.3) is 11.4 Å². The molecule has 0 saturated carbocycles. The van der Waals surface area contributed by atoms with Crippen molar-refractivity contribution in [1.82, 2.24) is 20.6 Å². The number of H-pyrrole nitrogens is 1. The minimum atomic E-state index is -3.78. The summed E-state index contributed by atoms with van der Waals surface area (Å²) in [6, 6.07) is 4.01. The number of tetrazole rings is 1. The molecule has 84 valence electrons. The lowest BCUT2D eigenvalue weighted by molar-refractivity contribution is 0.598. The van der Waals surface area contributed by atoms with E-state index in [1.54, 1.807) is 0 Å². The second kappa shape index (κ2) is 3.81. The highest BCUT2D eigenvalue weighted by Gasteiger charge is 2.14. The molecule has 7 nitrogen and oxygen atoms in total. The summed E-state index contributed by atoms with van der Waals surface area (Å²) in [6.45, 7) is 0. The molecule has 0 fully saturated rings. The molecule has 0 amide bonds. The molecule has 0 saturated heterocycles. The minimum absolute atomic E-state index is 0.0586. The number of benzene rings is 1. The summed E-state index contributed by atoms with van der Waals surface area (Å²) in [5.74, 6) is 0.204. The zero-order valence-corrected chi connectivity index (χ0v) is 9.33. The van der Waals surface area contributed by atoms with Gasteiger partial charge in [-0.15, -0.1) is 10.2 Å². The van der Waals surface area contributed by atoms with Gasteiger partial charge in [-0.2, -0.15) is 5.21 Å². The van der Waals surface area contributed by atoms with E-state index in [1.807, 2.05) is 0 Å². The fraction of sp³-hybridized carbons (Fsp3) is 0. The van der Waals surface area contributed by atoms with Crippen LogP contribution in [-0.2, 0) is 10.0 Å². The second-order valence-electron chi connectivity index (χ2n) is 2.92. The Hall–Kier alpha value is -1.51. The predicted molar refractivity (Wildman–Crippen MR) is 56.0 cm³/mol. The van der Waals surface area contributed by atoms with E-state index in [0.717, 1.165) is 0 Å². The number of sulfonamides is 1. The van der Waals surface area contributed by atoms with Crippen molar-refractivity contribution in [2.45, 2.75) is 4.90 Å². The highest BCUT2D eigenvalue weighted by Crippen LogP contribution is 2.26. The standard InChI is InChI=1S/C7H6ClN5O2S/c8-6-2-1-4(16(9,14)15)3-5(6)7-10-12-13-11-7/h1-3H,(H2,9,14,15)(H,10,11,12,13). The van der Waals surface area contributed by atoms with Crippen LogP contribution in [0.15, 0.2) is 23.1 Å². The molecule has 1 heterocycles. The maximum Gasteiger partial charge on any atom is 0.238 e. The predicted octanol–water partition coefficient (Wildman–Crippen LogP) is 0.168. The summed E-state index contributed by atoms with van der Waals surface area (Å²) < 4.78 is 22.3. The van der Waals surface area contributed by atoms with Gasteiger partial charge in [-0.3, -0.25) is 0 Å². The van der Waals surface area contributed by atoms with Gasteiger partial charge in [0.2, 0.25) is 15.8 Å². The monoisotopic (exact) mass is 259 g/mol. The fourth-order valence-electron chi connectivity index (χ4n) is 1.13. The fourth-order valence-corrected chi connectivity index (χ4v) is 1.87. The number of aromatic amines is 1. The maximum absolute atomic E-state index is 11.1. The van der Waals surface area contributed by atoms with E-state index in [1.165, 1.54) is 18.2 Å². The van der Waals surface area contributed by atoms with Gasteiger partial charge in [-0.05, 0) is 23.4 Å². The normalized spacial score (nSPS) is 11.6. The van der Waals surface area contributed by atoms with Crippen LogP contribution in [0, 0.1) is 0 Å². The van der Waals surface area contributed by atoms with Crippen LogP contribution < -0.4 is 5.14 Å². The van der Waals surface area contributed by atoms with E-state index in [2.05, 4.69) is 20.6 Å². The van der Waals surface area contributed by atoms with Crippen molar-refractivity contribution in [3.8, 4) is 11.4 Å². The summed E-state index contributed by atoms with van der Waals surface area (Å²) in [4.78, 5) is -0.0586. The lowest BCUT2D eigenvalue weighted by Gasteiger charge is -2.02. The lowest BCUT2D eigenvalue weighted by Crippen LogP contribution is -2.12. The first-order valence-corrected chi connectivity index (χ1v) is 5.97. The third-order valence-corrected chi connectivity index (χ3v) is 3.09. The van der Waals surface area contributed by atoms with Crippen molar-refractivity contribution in [2.24, 2.45) is 5.14 Å². The number of primary sulfonamides is 1. The average Bonchev–Trinajstić information content (AvgIpc) is 2.69. The van der Waals surface area contributed by atoms with Crippen molar-refractivity contribution in [1.29, 1.82) is 0 Å². The Kier molecular flexibility index (Phi) is 2.62. The molecule has 0 spiro atoms. The molecule has 0 atom stereocenters. The Morgan fingerprint density at radius 2 is 2.12 bits per heavy atom. The third-order valence-electron chi connectivity index (χ3n) is 1.85. The highest BCUT2D eigenvalue weighted by atomic mass is 35.5. The van der Waals surface area contributed by atoms with Crippen molar-refractivity contribution < 1.29 is 8.42 Å². The highest BCUT2D eigenvalue weighted by molar-refractivity contribution is 7.89. The van der Waals surface area contributed by atoms with E-state index in [0.29, 0.717) is 10.6 Å². The van der Waals surface area contributed by atoms with Crippen LogP contribution in [0.3, 0.4) is 0 Å². The Bertz CT molecular complexity index is 610. The zero-order valence-electron chi connectivity index (χ0n) is 7.75. The van der Waals surface area contributed by atoms with Crippen LogP contribution >= 0.6 is 11.6 Å². The first-order valence-electron chi connectivity index (χ1n) is 4.04. The Labute approximate surface area is 95.7 Å². The van der Waals surface area contributed by atoms with E-state index in [-0.39, 0.29) is 10.7 Å². The molecule has 3 N–H and O–H groups in total. The van der Waals surface area contributed by atoms with Gasteiger partial charge in [-0.1, -0.05) is 11.6 Å². The molecule has 9 heteroatoms. The number of hydrogen-bond acceptors (Lipinski definition) is 5. The van der Waals surface area contributed by atoms with Crippen LogP contribution in [-0.4, -0.2) is 29.0 Å². The average molecular weight is 260 g/mol. The molecule has 0 unspecified atom stereocenters. The summed E-state index contributed by atoms with van der Waals surface area (Å²) in [5, 5.41) is 18.3. The smallest absolute Gasteiger partial charge is 0.225 e. The van der Waals surface area contributed by atoms with Crippen LogP contribution in [0.4, 0.5) is 0 Å². The van der Waals surface area contributed by atoms with Crippen LogP contribution in [0.5, 0.6) is 0 Å². The first kappa shape index (κ1) is 11.0. The Morgan fingerprint density at radius 3 is 2.69 bits per heavy atom. The molecule has 1 aromatic heterocycles. The van der Waals surface area contributed by atoms with Crippen molar-refractivity contribution in [2.75, 3.05) is 0 Å². The van der Waals surface area contributed by atoms with E-state index >= 15 is 0 Å². The van der Waals surface area contributed by atoms with E-state index in [4.69, 9.17) is 16.7 Å². The molecule has 0 radical (unpaired) electrons. The second-order valence-corrected chi connectivity index (χ2v) is 4.89. The number of hydrogen-bond donors (Lipinski definition) is 2. The molecule has 0 aliphatic carbocycles. The number of aromatic nitrogens is 4. The molecule has 0 aliphatic heterocycles. The van der Waals surface area contributed by atoms with E-state index in [9.17, 15) is 8.42 Å². The largest absolute Gasteiger partial charge is 0.238 e. The minimum Gasteiger partial charge on any atom is -0.225 e. The Morgan fingerprint density at radius 1 is 1.38 bits per heavy atom. The summed E-state index contributed by atoms with van der Waals surface area (Å²) >= 11 is 5.88. The van der Waals surface area contributed by atoms with Crippen molar-refractivity contribution in [3.05, 3.63) is 23.2 Å². The number of nitrogens with zero attached hydrogens (tertiary/aromatic N) is 3. The number of nitrogens with two attached hydrogens (primary N) is 1. The molecule has 0 bridgehead atoms. The summed E-state index contributed by atoms with van der Waals surface area (Å²) in [5.41, 5.74) is 0.349. The quantitative estimate of drug-likeness (QED) is 0.798. The van der Waals surface area contributed by atoms with Crippen LogP contribution in [0.2, 0.25) is 5.02 Å². The Balaban J connectivity index is 2.63. The first-order chi connectivity index (χ1) is 7.48. The summed E-state index contributed by atoms with van der Waals surface area (Å²) in [7, 11) is -3.78. The van der Waals surface area contributed by atoms with Gasteiger partial charge in [0.15, 0.2) is 0 Å². The molecule has 0 aliphatic rings. The van der Waals surface area contributed by atoms with Gasteiger partial charge in [-0.25, -0.2) is 13.6 Å². The molecule has 2 aromatic rings. The summed E-state index contributed by atoms with van der Waals surface area (Å²) in [6.07, 6.45) is 0. The molecular weight excluding hydrogens is 254 g/mol. The molecular formula is C7H6ClN5O2S. The SMILES string of the molecule is NS(=O)(=O)c1ccc(Cl)c(-c2nn[nH]n2)c1. The van der Waals surface area contributed by atoms with Crippen LogP contribution in [0.1, 0.15) is 0 Å². The van der Waals surface area contributed by atoms with E-state index < -0.39 is 10.0 Å². The lowest BCUT2D eigenvalue weighted by atomic mass is 10.2.